The first-order valence-corrected chi connectivity index (χ1v) is 8.82. The maximum Gasteiger partial charge on any atom is 0.291 e. The lowest BCUT2D eigenvalue weighted by molar-refractivity contribution is 0.0956. The molecule has 1 aromatic carbocycles. The van der Waals surface area contributed by atoms with Crippen molar-refractivity contribution in [1.82, 2.24) is 5.32 Å². The summed E-state index contributed by atoms with van der Waals surface area (Å²) >= 11 is 1.21. The Morgan fingerprint density at radius 1 is 1.15 bits per heavy atom. The number of halogens is 1. The standard InChI is InChI=1S/C19H17FN2O3S/c1-12-11-16(22-18(23)15-3-2-10-25-15)26-17(12)19(24)21-9-8-13-4-6-14(20)7-5-13/h2-7,10-11H,8-9H2,1H3,(H,21,24)(H,22,23). The number of thiophene rings is 1. The Morgan fingerprint density at radius 3 is 2.62 bits per heavy atom. The van der Waals surface area contributed by atoms with E-state index in [4.69, 9.17) is 4.42 Å². The predicted octanol–water partition coefficient (Wildman–Crippen LogP) is 4.01. The van der Waals surface area contributed by atoms with Crippen LogP contribution in [0, 0.1) is 12.7 Å². The molecule has 134 valence electrons. The number of hydrogen-bond donors (Lipinski definition) is 2. The highest BCUT2D eigenvalue weighted by Gasteiger charge is 2.16. The van der Waals surface area contributed by atoms with Gasteiger partial charge in [-0.1, -0.05) is 12.1 Å². The Balaban J connectivity index is 1.56. The number of anilines is 1. The van der Waals surface area contributed by atoms with Gasteiger partial charge >= 0.3 is 0 Å². The van der Waals surface area contributed by atoms with E-state index in [0.717, 1.165) is 11.1 Å². The van der Waals surface area contributed by atoms with Crippen LogP contribution >= 0.6 is 11.3 Å². The first-order valence-electron chi connectivity index (χ1n) is 8.01. The fraction of sp³-hybridized carbons (Fsp3) is 0.158. The molecule has 0 spiro atoms. The summed E-state index contributed by atoms with van der Waals surface area (Å²) < 4.78 is 17.9. The largest absolute Gasteiger partial charge is 0.459 e. The van der Waals surface area contributed by atoms with Gasteiger partial charge in [0.25, 0.3) is 11.8 Å². The molecule has 0 unspecified atom stereocenters. The SMILES string of the molecule is Cc1cc(NC(=O)c2ccco2)sc1C(=O)NCCc1ccc(F)cc1. The Kier molecular flexibility index (Phi) is 5.48. The molecule has 3 rings (SSSR count). The van der Waals surface area contributed by atoms with Crippen LogP contribution in [0.4, 0.5) is 9.39 Å². The summed E-state index contributed by atoms with van der Waals surface area (Å²) in [5, 5.41) is 6.14. The van der Waals surface area contributed by atoms with E-state index in [2.05, 4.69) is 10.6 Å². The molecule has 0 saturated heterocycles. The summed E-state index contributed by atoms with van der Waals surface area (Å²) in [6, 6.07) is 11.1. The molecule has 2 N–H and O–H groups in total. The van der Waals surface area contributed by atoms with Gasteiger partial charge in [0.15, 0.2) is 5.76 Å². The number of rotatable bonds is 6. The van der Waals surface area contributed by atoms with Crippen molar-refractivity contribution < 1.29 is 18.4 Å². The summed E-state index contributed by atoms with van der Waals surface area (Å²) in [6.07, 6.45) is 2.03. The number of benzene rings is 1. The lowest BCUT2D eigenvalue weighted by Crippen LogP contribution is -2.25. The average Bonchev–Trinajstić information content (AvgIpc) is 3.26. The van der Waals surface area contributed by atoms with Crippen molar-refractivity contribution in [2.45, 2.75) is 13.3 Å². The Labute approximate surface area is 153 Å². The fourth-order valence-electron chi connectivity index (χ4n) is 2.40. The number of nitrogens with one attached hydrogen (secondary N) is 2. The van der Waals surface area contributed by atoms with Gasteiger partial charge in [-0.15, -0.1) is 11.3 Å². The molecule has 2 aromatic heterocycles. The minimum atomic E-state index is -0.362. The number of hydrogen-bond acceptors (Lipinski definition) is 4. The van der Waals surface area contributed by atoms with E-state index in [1.54, 1.807) is 30.3 Å². The van der Waals surface area contributed by atoms with E-state index >= 15 is 0 Å². The van der Waals surface area contributed by atoms with E-state index < -0.39 is 0 Å². The van der Waals surface area contributed by atoms with Crippen molar-refractivity contribution in [3.05, 3.63) is 76.3 Å². The molecular weight excluding hydrogens is 355 g/mol. The van der Waals surface area contributed by atoms with Gasteiger partial charge in [-0.3, -0.25) is 9.59 Å². The zero-order chi connectivity index (χ0) is 18.5. The summed E-state index contributed by atoms with van der Waals surface area (Å²) in [6.45, 7) is 2.25. The summed E-state index contributed by atoms with van der Waals surface area (Å²) in [4.78, 5) is 24.9. The van der Waals surface area contributed by atoms with Crippen LogP contribution in [0.2, 0.25) is 0 Å². The number of carbonyl (C=O) groups excluding carboxylic acids is 2. The van der Waals surface area contributed by atoms with E-state index in [1.165, 1.54) is 29.7 Å². The Hall–Kier alpha value is -2.93. The van der Waals surface area contributed by atoms with Gasteiger partial charge in [0.1, 0.15) is 5.82 Å². The molecule has 3 aromatic rings. The van der Waals surface area contributed by atoms with E-state index in [9.17, 15) is 14.0 Å². The summed E-state index contributed by atoms with van der Waals surface area (Å²) in [5.74, 6) is -0.634. The van der Waals surface area contributed by atoms with Crippen molar-refractivity contribution in [3.8, 4) is 0 Å². The quantitative estimate of drug-likeness (QED) is 0.687. The second-order valence-corrected chi connectivity index (χ2v) is 6.74. The van der Waals surface area contributed by atoms with Crippen LogP contribution in [0.3, 0.4) is 0 Å². The van der Waals surface area contributed by atoms with Crippen LogP contribution in [-0.2, 0) is 6.42 Å². The molecule has 0 aliphatic carbocycles. The van der Waals surface area contributed by atoms with Crippen molar-refractivity contribution in [2.75, 3.05) is 11.9 Å². The monoisotopic (exact) mass is 372 g/mol. The number of carbonyl (C=O) groups is 2. The van der Waals surface area contributed by atoms with Crippen molar-refractivity contribution >= 4 is 28.2 Å². The maximum atomic E-state index is 12.9. The number of furan rings is 1. The predicted molar refractivity (Wildman–Crippen MR) is 98.2 cm³/mol. The van der Waals surface area contributed by atoms with Crippen LogP contribution in [0.15, 0.2) is 53.1 Å². The normalized spacial score (nSPS) is 10.5. The van der Waals surface area contributed by atoms with Crippen LogP contribution in [0.1, 0.15) is 31.4 Å². The smallest absolute Gasteiger partial charge is 0.291 e. The molecule has 0 atom stereocenters. The zero-order valence-electron chi connectivity index (χ0n) is 14.0. The molecule has 26 heavy (non-hydrogen) atoms. The van der Waals surface area contributed by atoms with Gasteiger partial charge in [0.05, 0.1) is 16.1 Å². The average molecular weight is 372 g/mol. The van der Waals surface area contributed by atoms with Gasteiger partial charge in [-0.05, 0) is 54.8 Å². The van der Waals surface area contributed by atoms with E-state index in [-0.39, 0.29) is 23.4 Å². The number of aryl methyl sites for hydroxylation is 1. The summed E-state index contributed by atoms with van der Waals surface area (Å²) in [7, 11) is 0. The molecule has 2 heterocycles. The summed E-state index contributed by atoms with van der Waals surface area (Å²) in [5.41, 5.74) is 1.73. The van der Waals surface area contributed by atoms with E-state index in [0.29, 0.717) is 22.8 Å². The Morgan fingerprint density at radius 2 is 1.92 bits per heavy atom. The zero-order valence-corrected chi connectivity index (χ0v) is 14.9. The van der Waals surface area contributed by atoms with Crippen molar-refractivity contribution in [2.24, 2.45) is 0 Å². The minimum Gasteiger partial charge on any atom is -0.459 e. The van der Waals surface area contributed by atoms with E-state index in [1.807, 2.05) is 6.92 Å². The first-order chi connectivity index (χ1) is 12.5. The molecule has 5 nitrogen and oxygen atoms in total. The molecule has 0 bridgehead atoms. The van der Waals surface area contributed by atoms with Crippen LogP contribution in [0.25, 0.3) is 0 Å². The molecule has 2 amide bonds. The second-order valence-electron chi connectivity index (χ2n) is 5.69. The molecule has 0 saturated carbocycles. The lowest BCUT2D eigenvalue weighted by Gasteiger charge is -2.05. The van der Waals surface area contributed by atoms with Gasteiger partial charge in [-0.2, -0.15) is 0 Å². The molecule has 7 heteroatoms. The minimum absolute atomic E-state index is 0.201. The van der Waals surface area contributed by atoms with Gasteiger partial charge in [0, 0.05) is 6.54 Å². The van der Waals surface area contributed by atoms with Crippen LogP contribution in [0.5, 0.6) is 0 Å². The highest BCUT2D eigenvalue weighted by molar-refractivity contribution is 7.18. The van der Waals surface area contributed by atoms with Crippen molar-refractivity contribution in [3.63, 3.8) is 0 Å². The molecule has 0 radical (unpaired) electrons. The Bertz CT molecular complexity index is 902. The highest BCUT2D eigenvalue weighted by atomic mass is 32.1. The third-order valence-corrected chi connectivity index (χ3v) is 4.87. The maximum absolute atomic E-state index is 12.9. The van der Waals surface area contributed by atoms with Gasteiger partial charge < -0.3 is 15.1 Å². The van der Waals surface area contributed by atoms with Crippen LogP contribution < -0.4 is 10.6 Å². The first kappa shape index (κ1) is 17.9. The fourth-order valence-corrected chi connectivity index (χ4v) is 3.39. The third-order valence-electron chi connectivity index (χ3n) is 3.72. The van der Waals surface area contributed by atoms with Crippen LogP contribution in [-0.4, -0.2) is 18.4 Å². The topological polar surface area (TPSA) is 71.3 Å². The second kappa shape index (κ2) is 7.97. The van der Waals surface area contributed by atoms with Crippen molar-refractivity contribution in [1.29, 1.82) is 0 Å². The molecule has 0 aliphatic rings. The van der Waals surface area contributed by atoms with Gasteiger partial charge in [0.2, 0.25) is 0 Å². The molecule has 0 aliphatic heterocycles. The number of amides is 2. The van der Waals surface area contributed by atoms with Gasteiger partial charge in [-0.25, -0.2) is 4.39 Å². The third kappa shape index (κ3) is 4.37. The lowest BCUT2D eigenvalue weighted by atomic mass is 10.1. The molecular formula is C19H17FN2O3S. The molecule has 0 fully saturated rings. The highest BCUT2D eigenvalue weighted by Crippen LogP contribution is 2.27.